The molecule has 0 aliphatic rings. The maximum Gasteiger partial charge on any atom is 0.139 e. The van der Waals surface area contributed by atoms with Crippen LogP contribution in [0.2, 0.25) is 0 Å². The molecule has 2 rings (SSSR count). The van der Waals surface area contributed by atoms with Crippen LogP contribution in [-0.4, -0.2) is 26.9 Å². The first kappa shape index (κ1) is 16.1. The summed E-state index contributed by atoms with van der Waals surface area (Å²) < 4.78 is 16.3. The van der Waals surface area contributed by atoms with Crippen molar-refractivity contribution in [3.05, 3.63) is 28.2 Å². The summed E-state index contributed by atoms with van der Waals surface area (Å²) in [5.74, 6) is 1.19. The summed E-state index contributed by atoms with van der Waals surface area (Å²) in [7, 11) is 0. The maximum absolute atomic E-state index is 13.8. The van der Waals surface area contributed by atoms with Crippen LogP contribution in [-0.2, 0) is 13.0 Å². The molecule has 0 spiro atoms. The zero-order valence-electron chi connectivity index (χ0n) is 11.5. The van der Waals surface area contributed by atoms with Crippen LogP contribution in [0.3, 0.4) is 0 Å². The third-order valence-electron chi connectivity index (χ3n) is 3.35. The van der Waals surface area contributed by atoms with E-state index in [0.717, 1.165) is 29.8 Å². The van der Waals surface area contributed by atoms with Crippen molar-refractivity contribution in [2.45, 2.75) is 31.6 Å². The molecule has 2 nitrogen and oxygen atoms in total. The van der Waals surface area contributed by atoms with Crippen LogP contribution in [0.1, 0.15) is 19.2 Å². The summed E-state index contributed by atoms with van der Waals surface area (Å²) in [6.07, 6.45) is 3.83. The summed E-state index contributed by atoms with van der Waals surface area (Å²) in [6, 6.07) is 3.28. The van der Waals surface area contributed by atoms with Crippen LogP contribution >= 0.6 is 39.3 Å². The number of imidazole rings is 1. The number of halogens is 3. The van der Waals surface area contributed by atoms with Crippen molar-refractivity contribution in [2.75, 3.05) is 12.1 Å². The van der Waals surface area contributed by atoms with E-state index in [0.29, 0.717) is 22.0 Å². The lowest BCUT2D eigenvalue weighted by Gasteiger charge is -2.12. The van der Waals surface area contributed by atoms with Crippen LogP contribution < -0.4 is 0 Å². The van der Waals surface area contributed by atoms with E-state index >= 15 is 0 Å². The van der Waals surface area contributed by atoms with E-state index in [-0.39, 0.29) is 5.82 Å². The lowest BCUT2D eigenvalue weighted by atomic mass is 10.3. The largest absolute Gasteiger partial charge is 0.328 e. The van der Waals surface area contributed by atoms with E-state index in [1.54, 1.807) is 12.1 Å². The second-order valence-electron chi connectivity index (χ2n) is 4.71. The minimum atomic E-state index is -0.256. The fourth-order valence-electron chi connectivity index (χ4n) is 2.12. The van der Waals surface area contributed by atoms with Gasteiger partial charge < -0.3 is 4.57 Å². The van der Waals surface area contributed by atoms with E-state index in [2.05, 4.69) is 38.7 Å². The van der Waals surface area contributed by atoms with E-state index in [9.17, 15) is 4.39 Å². The minimum absolute atomic E-state index is 0.256. The van der Waals surface area contributed by atoms with Crippen molar-refractivity contribution in [3.8, 4) is 0 Å². The van der Waals surface area contributed by atoms with E-state index in [1.807, 2.05) is 11.8 Å². The zero-order valence-corrected chi connectivity index (χ0v) is 14.7. The maximum atomic E-state index is 13.8. The van der Waals surface area contributed by atoms with Gasteiger partial charge >= 0.3 is 0 Å². The Labute approximate surface area is 136 Å². The number of nitrogens with zero attached hydrogens (tertiary/aromatic N) is 2. The Hall–Kier alpha value is -0.260. The average molecular weight is 380 g/mol. The predicted octanol–water partition coefficient (Wildman–Crippen LogP) is 4.86. The molecule has 1 aromatic carbocycles. The highest BCUT2D eigenvalue weighted by Crippen LogP contribution is 2.25. The molecule has 1 unspecified atom stereocenters. The molecule has 110 valence electrons. The number of hydrogen-bond acceptors (Lipinski definition) is 2. The Balaban J connectivity index is 2.42. The minimum Gasteiger partial charge on any atom is -0.328 e. The molecule has 0 aliphatic carbocycles. The van der Waals surface area contributed by atoms with Crippen LogP contribution in [0.25, 0.3) is 11.0 Å². The van der Waals surface area contributed by atoms with Gasteiger partial charge in [0.25, 0.3) is 0 Å². The van der Waals surface area contributed by atoms with Gasteiger partial charge in [-0.05, 0) is 34.7 Å². The molecule has 1 atom stereocenters. The molecule has 1 heterocycles. The van der Waals surface area contributed by atoms with Crippen molar-refractivity contribution in [1.29, 1.82) is 0 Å². The SMILES string of the molecule is CSC(C)CCn1c(CCCl)nc2cc(Br)c(F)cc21. The Bertz CT molecular complexity index is 602. The van der Waals surface area contributed by atoms with Crippen LogP contribution in [0.4, 0.5) is 4.39 Å². The normalized spacial score (nSPS) is 13.1. The van der Waals surface area contributed by atoms with Gasteiger partial charge in [0.1, 0.15) is 11.6 Å². The molecule has 6 heteroatoms. The molecule has 0 saturated heterocycles. The number of hydrogen-bond donors (Lipinski definition) is 0. The van der Waals surface area contributed by atoms with Crippen molar-refractivity contribution < 1.29 is 4.39 Å². The molecule has 0 radical (unpaired) electrons. The Morgan fingerprint density at radius 2 is 2.25 bits per heavy atom. The summed E-state index contributed by atoms with van der Waals surface area (Å²) in [5.41, 5.74) is 1.66. The molecule has 0 N–H and O–H groups in total. The molecule has 2 aromatic rings. The number of alkyl halides is 1. The number of fused-ring (bicyclic) bond motifs is 1. The van der Waals surface area contributed by atoms with Gasteiger partial charge in [-0.3, -0.25) is 0 Å². The molecule has 0 bridgehead atoms. The Morgan fingerprint density at radius 3 is 2.90 bits per heavy atom. The molecule has 0 aliphatic heterocycles. The molecular formula is C14H17BrClFN2S. The second kappa shape index (κ2) is 7.14. The highest BCUT2D eigenvalue weighted by atomic mass is 79.9. The molecular weight excluding hydrogens is 363 g/mol. The highest BCUT2D eigenvalue weighted by molar-refractivity contribution is 9.10. The molecule has 1 aromatic heterocycles. The van der Waals surface area contributed by atoms with Crippen molar-refractivity contribution in [3.63, 3.8) is 0 Å². The Kier molecular flexibility index (Phi) is 5.75. The van der Waals surface area contributed by atoms with Crippen LogP contribution in [0.5, 0.6) is 0 Å². The van der Waals surface area contributed by atoms with Crippen molar-refractivity contribution in [2.24, 2.45) is 0 Å². The fourth-order valence-corrected chi connectivity index (χ4v) is 2.97. The van der Waals surface area contributed by atoms with Gasteiger partial charge in [-0.1, -0.05) is 6.92 Å². The lowest BCUT2D eigenvalue weighted by molar-refractivity contribution is 0.613. The zero-order chi connectivity index (χ0) is 14.7. The average Bonchev–Trinajstić information content (AvgIpc) is 2.74. The first-order valence-electron chi connectivity index (χ1n) is 6.49. The third kappa shape index (κ3) is 3.49. The smallest absolute Gasteiger partial charge is 0.139 e. The van der Waals surface area contributed by atoms with Gasteiger partial charge in [0.2, 0.25) is 0 Å². The predicted molar refractivity (Wildman–Crippen MR) is 89.4 cm³/mol. The first-order chi connectivity index (χ1) is 9.56. The second-order valence-corrected chi connectivity index (χ2v) is 7.22. The van der Waals surface area contributed by atoms with Crippen LogP contribution in [0, 0.1) is 5.82 Å². The molecule has 0 saturated carbocycles. The van der Waals surface area contributed by atoms with Crippen LogP contribution in [0.15, 0.2) is 16.6 Å². The highest BCUT2D eigenvalue weighted by Gasteiger charge is 2.14. The molecule has 0 amide bonds. The van der Waals surface area contributed by atoms with Crippen molar-refractivity contribution >= 4 is 50.3 Å². The topological polar surface area (TPSA) is 17.8 Å². The number of aryl methyl sites for hydroxylation is 2. The number of rotatable bonds is 6. The number of benzene rings is 1. The standard InChI is InChI=1S/C14H17BrClFN2S/c1-9(20-2)4-6-19-13-8-11(17)10(15)7-12(13)18-14(19)3-5-16/h7-9H,3-6H2,1-2H3. The van der Waals surface area contributed by atoms with E-state index in [1.165, 1.54) is 0 Å². The van der Waals surface area contributed by atoms with Gasteiger partial charge in [0.15, 0.2) is 0 Å². The summed E-state index contributed by atoms with van der Waals surface area (Å²) >= 11 is 10.9. The number of aromatic nitrogens is 2. The van der Waals surface area contributed by atoms with E-state index in [4.69, 9.17) is 11.6 Å². The third-order valence-corrected chi connectivity index (χ3v) is 5.19. The Morgan fingerprint density at radius 1 is 1.50 bits per heavy atom. The van der Waals surface area contributed by atoms with E-state index < -0.39 is 0 Å². The molecule has 20 heavy (non-hydrogen) atoms. The van der Waals surface area contributed by atoms with Gasteiger partial charge in [-0.25, -0.2) is 9.37 Å². The summed E-state index contributed by atoms with van der Waals surface area (Å²) in [5, 5.41) is 0.566. The summed E-state index contributed by atoms with van der Waals surface area (Å²) in [6.45, 7) is 3.04. The number of thioether (sulfide) groups is 1. The van der Waals surface area contributed by atoms with Gasteiger partial charge in [-0.2, -0.15) is 11.8 Å². The first-order valence-corrected chi connectivity index (χ1v) is 9.11. The lowest BCUT2D eigenvalue weighted by Crippen LogP contribution is -2.09. The van der Waals surface area contributed by atoms with Gasteiger partial charge in [0.05, 0.1) is 15.5 Å². The monoisotopic (exact) mass is 378 g/mol. The van der Waals surface area contributed by atoms with Crippen molar-refractivity contribution in [1.82, 2.24) is 9.55 Å². The van der Waals surface area contributed by atoms with Gasteiger partial charge in [-0.15, -0.1) is 11.6 Å². The summed E-state index contributed by atoms with van der Waals surface area (Å²) in [4.78, 5) is 4.58. The molecule has 0 fully saturated rings. The van der Waals surface area contributed by atoms with Gasteiger partial charge in [0, 0.05) is 30.2 Å². The fraction of sp³-hybridized carbons (Fsp3) is 0.500. The quantitative estimate of drug-likeness (QED) is 0.667.